The van der Waals surface area contributed by atoms with Gasteiger partial charge in [0.1, 0.15) is 18.4 Å². The molecule has 1 unspecified atom stereocenters. The highest BCUT2D eigenvalue weighted by molar-refractivity contribution is 6.06. The molecule has 0 aliphatic carbocycles. The van der Waals surface area contributed by atoms with Gasteiger partial charge in [-0.1, -0.05) is 42.5 Å². The van der Waals surface area contributed by atoms with Gasteiger partial charge in [-0.05, 0) is 36.1 Å². The smallest absolute Gasteiger partial charge is 0.325 e. The van der Waals surface area contributed by atoms with Crippen molar-refractivity contribution < 1.29 is 18.8 Å². The topological polar surface area (TPSA) is 78.5 Å². The summed E-state index contributed by atoms with van der Waals surface area (Å²) in [5.74, 6) is -1.20. The summed E-state index contributed by atoms with van der Waals surface area (Å²) in [6.07, 6.45) is 1.13. The zero-order chi connectivity index (χ0) is 19.2. The molecule has 2 aromatic carbocycles. The molecular weight excluding hydrogens is 349 g/mol. The number of rotatable bonds is 7. The van der Waals surface area contributed by atoms with Gasteiger partial charge in [-0.25, -0.2) is 9.18 Å². The van der Waals surface area contributed by atoms with E-state index in [9.17, 15) is 18.8 Å². The molecule has 1 aliphatic rings. The van der Waals surface area contributed by atoms with Crippen LogP contribution in [0.3, 0.4) is 0 Å². The summed E-state index contributed by atoms with van der Waals surface area (Å²) in [6.45, 7) is -0.145. The fourth-order valence-corrected chi connectivity index (χ4v) is 2.88. The highest BCUT2D eigenvalue weighted by Gasteiger charge is 2.38. The van der Waals surface area contributed by atoms with Gasteiger partial charge in [-0.3, -0.25) is 14.5 Å². The fraction of sp³-hybridized carbons (Fsp3) is 0.250. The van der Waals surface area contributed by atoms with Crippen LogP contribution in [-0.2, 0) is 22.6 Å². The maximum atomic E-state index is 12.9. The molecule has 1 aliphatic heterocycles. The van der Waals surface area contributed by atoms with Crippen LogP contribution in [-0.4, -0.2) is 35.3 Å². The number of carbonyl (C=O) groups excluding carboxylic acids is 3. The molecule has 1 fully saturated rings. The first-order valence-corrected chi connectivity index (χ1v) is 8.70. The third-order valence-electron chi connectivity index (χ3n) is 4.38. The van der Waals surface area contributed by atoms with Gasteiger partial charge >= 0.3 is 6.03 Å². The van der Waals surface area contributed by atoms with Gasteiger partial charge in [0.25, 0.3) is 5.91 Å². The summed E-state index contributed by atoms with van der Waals surface area (Å²) in [5, 5.41) is 5.25. The average molecular weight is 369 g/mol. The highest BCUT2D eigenvalue weighted by atomic mass is 19.1. The lowest BCUT2D eigenvalue weighted by Crippen LogP contribution is -2.41. The Morgan fingerprint density at radius 1 is 1.04 bits per heavy atom. The number of nitrogens with one attached hydrogen (secondary N) is 2. The number of imide groups is 1. The molecule has 3 rings (SSSR count). The average Bonchev–Trinajstić information content (AvgIpc) is 2.94. The summed E-state index contributed by atoms with van der Waals surface area (Å²) in [4.78, 5) is 37.4. The van der Waals surface area contributed by atoms with E-state index in [1.54, 1.807) is 12.1 Å². The van der Waals surface area contributed by atoms with Crippen LogP contribution in [0.15, 0.2) is 54.6 Å². The Morgan fingerprint density at radius 3 is 2.44 bits per heavy atom. The van der Waals surface area contributed by atoms with E-state index in [0.717, 1.165) is 16.0 Å². The molecule has 7 heteroatoms. The summed E-state index contributed by atoms with van der Waals surface area (Å²) < 4.78 is 12.9. The van der Waals surface area contributed by atoms with Crippen LogP contribution in [0.1, 0.15) is 17.5 Å². The van der Waals surface area contributed by atoms with Crippen molar-refractivity contribution in [2.75, 3.05) is 6.54 Å². The number of nitrogens with zero attached hydrogens (tertiary/aromatic N) is 1. The fourth-order valence-electron chi connectivity index (χ4n) is 2.88. The predicted octanol–water partition coefficient (Wildman–Crippen LogP) is 2.00. The maximum Gasteiger partial charge on any atom is 0.325 e. The van der Waals surface area contributed by atoms with E-state index >= 15 is 0 Å². The third-order valence-corrected chi connectivity index (χ3v) is 4.38. The normalized spacial score (nSPS) is 16.3. The molecule has 27 heavy (non-hydrogen) atoms. The Balaban J connectivity index is 1.49. The summed E-state index contributed by atoms with van der Waals surface area (Å²) >= 11 is 0. The molecule has 0 radical (unpaired) electrons. The van der Waals surface area contributed by atoms with Crippen LogP contribution in [0.4, 0.5) is 9.18 Å². The van der Waals surface area contributed by atoms with Crippen LogP contribution >= 0.6 is 0 Å². The number of aryl methyl sites for hydroxylation is 1. The maximum absolute atomic E-state index is 12.9. The molecule has 0 saturated carbocycles. The van der Waals surface area contributed by atoms with Crippen molar-refractivity contribution in [1.82, 2.24) is 15.5 Å². The third kappa shape index (κ3) is 4.91. The lowest BCUT2D eigenvalue weighted by atomic mass is 10.1. The monoisotopic (exact) mass is 369 g/mol. The standard InChI is InChI=1S/C20H20FN3O3/c21-16-9-6-15(7-10-16)12-22-18(25)13-24-19(26)17(23-20(24)27)11-8-14-4-2-1-3-5-14/h1-7,9-10,17H,8,11-13H2,(H,22,25)(H,23,27). The second-order valence-corrected chi connectivity index (χ2v) is 6.35. The number of urea groups is 1. The van der Waals surface area contributed by atoms with Gasteiger partial charge in [-0.2, -0.15) is 0 Å². The quantitative estimate of drug-likeness (QED) is 0.733. The van der Waals surface area contributed by atoms with Crippen LogP contribution in [0.25, 0.3) is 0 Å². The summed E-state index contributed by atoms with van der Waals surface area (Å²) in [6, 6.07) is 14.2. The Bertz CT molecular complexity index is 824. The molecule has 2 aromatic rings. The van der Waals surface area contributed by atoms with Gasteiger partial charge in [0.2, 0.25) is 5.91 Å². The van der Waals surface area contributed by atoms with E-state index in [1.165, 1.54) is 12.1 Å². The van der Waals surface area contributed by atoms with Gasteiger partial charge in [0.15, 0.2) is 0 Å². The number of halogens is 1. The molecule has 0 bridgehead atoms. The minimum Gasteiger partial charge on any atom is -0.350 e. The minimum absolute atomic E-state index is 0.195. The molecular formula is C20H20FN3O3. The summed E-state index contributed by atoms with van der Waals surface area (Å²) in [7, 11) is 0. The number of amides is 4. The van der Waals surface area contributed by atoms with E-state index in [2.05, 4.69) is 10.6 Å². The van der Waals surface area contributed by atoms with E-state index in [-0.39, 0.29) is 18.9 Å². The van der Waals surface area contributed by atoms with Crippen molar-refractivity contribution in [3.05, 3.63) is 71.5 Å². The van der Waals surface area contributed by atoms with Crippen molar-refractivity contribution in [3.63, 3.8) is 0 Å². The zero-order valence-corrected chi connectivity index (χ0v) is 14.7. The first-order valence-electron chi connectivity index (χ1n) is 8.70. The van der Waals surface area contributed by atoms with Gasteiger partial charge in [-0.15, -0.1) is 0 Å². The largest absolute Gasteiger partial charge is 0.350 e. The number of hydrogen-bond donors (Lipinski definition) is 2. The Labute approximate surface area is 156 Å². The van der Waals surface area contributed by atoms with Crippen molar-refractivity contribution in [2.24, 2.45) is 0 Å². The SMILES string of the molecule is O=C(CN1C(=O)NC(CCc2ccccc2)C1=O)NCc1ccc(F)cc1. The van der Waals surface area contributed by atoms with Gasteiger partial charge in [0.05, 0.1) is 0 Å². The Kier molecular flexibility index (Phi) is 5.80. The van der Waals surface area contributed by atoms with E-state index in [0.29, 0.717) is 12.8 Å². The zero-order valence-electron chi connectivity index (χ0n) is 14.7. The lowest BCUT2D eigenvalue weighted by molar-refractivity contribution is -0.132. The van der Waals surface area contributed by atoms with E-state index in [4.69, 9.17) is 0 Å². The van der Waals surface area contributed by atoms with Crippen molar-refractivity contribution >= 4 is 17.8 Å². The molecule has 1 atom stereocenters. The van der Waals surface area contributed by atoms with Crippen molar-refractivity contribution in [2.45, 2.75) is 25.4 Å². The van der Waals surface area contributed by atoms with Crippen LogP contribution < -0.4 is 10.6 Å². The Morgan fingerprint density at radius 2 is 1.74 bits per heavy atom. The number of hydrogen-bond acceptors (Lipinski definition) is 3. The highest BCUT2D eigenvalue weighted by Crippen LogP contribution is 2.13. The first-order chi connectivity index (χ1) is 13.0. The predicted molar refractivity (Wildman–Crippen MR) is 97.0 cm³/mol. The molecule has 2 N–H and O–H groups in total. The molecule has 1 saturated heterocycles. The van der Waals surface area contributed by atoms with Gasteiger partial charge in [0, 0.05) is 6.54 Å². The van der Waals surface area contributed by atoms with Gasteiger partial charge < -0.3 is 10.6 Å². The second kappa shape index (κ2) is 8.44. The molecule has 0 spiro atoms. The Hall–Kier alpha value is -3.22. The van der Waals surface area contributed by atoms with Crippen molar-refractivity contribution in [1.29, 1.82) is 0 Å². The van der Waals surface area contributed by atoms with Crippen LogP contribution in [0.2, 0.25) is 0 Å². The van der Waals surface area contributed by atoms with E-state index in [1.807, 2.05) is 30.3 Å². The van der Waals surface area contributed by atoms with Crippen molar-refractivity contribution in [3.8, 4) is 0 Å². The summed E-state index contributed by atoms with van der Waals surface area (Å²) in [5.41, 5.74) is 1.80. The molecule has 4 amide bonds. The molecule has 6 nitrogen and oxygen atoms in total. The van der Waals surface area contributed by atoms with E-state index < -0.39 is 23.9 Å². The molecule has 1 heterocycles. The second-order valence-electron chi connectivity index (χ2n) is 6.35. The molecule has 140 valence electrons. The minimum atomic E-state index is -0.623. The first kappa shape index (κ1) is 18.6. The number of carbonyl (C=O) groups is 3. The lowest BCUT2D eigenvalue weighted by Gasteiger charge is -2.13. The number of benzene rings is 2. The molecule has 0 aromatic heterocycles. The van der Waals surface area contributed by atoms with Crippen LogP contribution in [0.5, 0.6) is 0 Å². The van der Waals surface area contributed by atoms with Crippen LogP contribution in [0, 0.1) is 5.82 Å².